The Morgan fingerprint density at radius 1 is 1.33 bits per heavy atom. The fourth-order valence-corrected chi connectivity index (χ4v) is 5.38. The van der Waals surface area contributed by atoms with E-state index >= 15 is 0 Å². The summed E-state index contributed by atoms with van der Waals surface area (Å²) in [5.74, 6) is 0.713. The minimum Gasteiger partial charge on any atom is -0.355 e. The maximum atomic E-state index is 13.0. The molecule has 0 aliphatic heterocycles. The first-order chi connectivity index (χ1) is 11.8. The zero-order valence-electron chi connectivity index (χ0n) is 13.8. The quantitative estimate of drug-likeness (QED) is 0.747. The molecule has 0 amide bonds. The molecule has 0 fully saturated rings. The van der Waals surface area contributed by atoms with Crippen LogP contribution in [-0.2, 0) is 25.8 Å². The second-order valence-electron chi connectivity index (χ2n) is 6.13. The zero-order chi connectivity index (χ0) is 16.5. The van der Waals surface area contributed by atoms with Crippen LogP contribution in [0.3, 0.4) is 0 Å². The summed E-state index contributed by atoms with van der Waals surface area (Å²) in [5.41, 5.74) is 1.40. The van der Waals surface area contributed by atoms with Crippen molar-refractivity contribution >= 4 is 38.8 Å². The highest BCUT2D eigenvalue weighted by Gasteiger charge is 2.21. The van der Waals surface area contributed by atoms with Crippen molar-refractivity contribution in [3.8, 4) is 0 Å². The summed E-state index contributed by atoms with van der Waals surface area (Å²) in [6, 6.07) is 4.21. The van der Waals surface area contributed by atoms with E-state index in [1.807, 2.05) is 6.92 Å². The summed E-state index contributed by atoms with van der Waals surface area (Å²) in [5, 5.41) is 6.35. The van der Waals surface area contributed by atoms with E-state index < -0.39 is 0 Å². The number of aromatic nitrogens is 2. The van der Waals surface area contributed by atoms with Crippen LogP contribution in [0.25, 0.3) is 10.2 Å². The standard InChI is InChI=1S/C18H21N3OS2/c1-2-21-17(22)15-13-7-3-4-8-14(13)24-16(15)20-18(21)19-10-9-12-6-5-11-23-12/h5-6,11H,2-4,7-10H2,1H3,(H,19,20). The van der Waals surface area contributed by atoms with Gasteiger partial charge >= 0.3 is 0 Å². The molecule has 0 aromatic carbocycles. The maximum absolute atomic E-state index is 13.0. The lowest BCUT2D eigenvalue weighted by Gasteiger charge is -2.13. The lowest BCUT2D eigenvalue weighted by atomic mass is 9.97. The predicted octanol–water partition coefficient (Wildman–Crippen LogP) is 4.07. The van der Waals surface area contributed by atoms with E-state index in [2.05, 4.69) is 22.8 Å². The van der Waals surface area contributed by atoms with Gasteiger partial charge in [0.2, 0.25) is 5.95 Å². The van der Waals surface area contributed by atoms with Crippen LogP contribution in [0, 0.1) is 0 Å². The van der Waals surface area contributed by atoms with E-state index in [0.29, 0.717) is 12.5 Å². The van der Waals surface area contributed by atoms with Gasteiger partial charge in [0.25, 0.3) is 5.56 Å². The molecular weight excluding hydrogens is 338 g/mol. The summed E-state index contributed by atoms with van der Waals surface area (Å²) >= 11 is 3.48. The minimum absolute atomic E-state index is 0.125. The van der Waals surface area contributed by atoms with Crippen LogP contribution in [0.2, 0.25) is 0 Å². The van der Waals surface area contributed by atoms with Gasteiger partial charge in [-0.1, -0.05) is 6.07 Å². The molecule has 24 heavy (non-hydrogen) atoms. The van der Waals surface area contributed by atoms with Gasteiger partial charge < -0.3 is 5.32 Å². The number of hydrogen-bond donors (Lipinski definition) is 1. The third-order valence-corrected chi connectivity index (χ3v) is 6.75. The summed E-state index contributed by atoms with van der Waals surface area (Å²) in [6.45, 7) is 3.45. The zero-order valence-corrected chi connectivity index (χ0v) is 15.4. The highest BCUT2D eigenvalue weighted by Crippen LogP contribution is 2.34. The van der Waals surface area contributed by atoms with Gasteiger partial charge in [-0.15, -0.1) is 22.7 Å². The lowest BCUT2D eigenvalue weighted by Crippen LogP contribution is -2.25. The molecular formula is C18H21N3OS2. The summed E-state index contributed by atoms with van der Waals surface area (Å²) in [6.07, 6.45) is 5.50. The van der Waals surface area contributed by atoms with Gasteiger partial charge in [-0.25, -0.2) is 4.98 Å². The summed E-state index contributed by atoms with van der Waals surface area (Å²) in [4.78, 5) is 21.4. The molecule has 0 saturated heterocycles. The maximum Gasteiger partial charge on any atom is 0.263 e. The van der Waals surface area contributed by atoms with Gasteiger partial charge in [-0.3, -0.25) is 9.36 Å². The van der Waals surface area contributed by atoms with Crippen molar-refractivity contribution in [2.24, 2.45) is 0 Å². The molecule has 1 aliphatic carbocycles. The van der Waals surface area contributed by atoms with Crippen molar-refractivity contribution in [3.63, 3.8) is 0 Å². The van der Waals surface area contributed by atoms with Crippen molar-refractivity contribution in [1.29, 1.82) is 0 Å². The van der Waals surface area contributed by atoms with Crippen molar-refractivity contribution in [3.05, 3.63) is 43.2 Å². The van der Waals surface area contributed by atoms with E-state index in [4.69, 9.17) is 4.98 Å². The Balaban J connectivity index is 1.68. The van der Waals surface area contributed by atoms with Gasteiger partial charge in [0.15, 0.2) is 0 Å². The third-order valence-electron chi connectivity index (χ3n) is 4.63. The van der Waals surface area contributed by atoms with Gasteiger partial charge in [0.05, 0.1) is 5.39 Å². The van der Waals surface area contributed by atoms with Gasteiger partial charge in [-0.2, -0.15) is 0 Å². The smallest absolute Gasteiger partial charge is 0.263 e. The van der Waals surface area contributed by atoms with Crippen LogP contribution in [0.1, 0.15) is 35.1 Å². The Bertz CT molecular complexity index is 909. The van der Waals surface area contributed by atoms with Gasteiger partial charge in [-0.05, 0) is 56.0 Å². The first-order valence-corrected chi connectivity index (χ1v) is 10.3. The highest BCUT2D eigenvalue weighted by molar-refractivity contribution is 7.18. The fourth-order valence-electron chi connectivity index (χ4n) is 3.42. The van der Waals surface area contributed by atoms with Crippen LogP contribution in [0.15, 0.2) is 22.3 Å². The Morgan fingerprint density at radius 2 is 2.21 bits per heavy atom. The van der Waals surface area contributed by atoms with E-state index in [1.165, 1.54) is 28.2 Å². The number of anilines is 1. The molecule has 0 saturated carbocycles. The number of nitrogens with one attached hydrogen (secondary N) is 1. The Kier molecular flexibility index (Phi) is 4.41. The van der Waals surface area contributed by atoms with Crippen molar-refractivity contribution in [2.75, 3.05) is 11.9 Å². The van der Waals surface area contributed by atoms with Crippen molar-refractivity contribution in [1.82, 2.24) is 9.55 Å². The van der Waals surface area contributed by atoms with Crippen LogP contribution in [0.5, 0.6) is 0 Å². The normalized spacial score (nSPS) is 14.0. The first-order valence-electron chi connectivity index (χ1n) is 8.59. The molecule has 6 heteroatoms. The summed E-state index contributed by atoms with van der Waals surface area (Å²) < 4.78 is 1.79. The van der Waals surface area contributed by atoms with E-state index in [-0.39, 0.29) is 5.56 Å². The fraction of sp³-hybridized carbons (Fsp3) is 0.444. The molecule has 4 rings (SSSR count). The van der Waals surface area contributed by atoms with Crippen LogP contribution >= 0.6 is 22.7 Å². The molecule has 0 atom stereocenters. The highest BCUT2D eigenvalue weighted by atomic mass is 32.1. The molecule has 3 heterocycles. The van der Waals surface area contributed by atoms with Crippen LogP contribution in [0.4, 0.5) is 5.95 Å². The largest absolute Gasteiger partial charge is 0.355 e. The second kappa shape index (κ2) is 6.69. The molecule has 1 N–H and O–H groups in total. The molecule has 1 aliphatic rings. The van der Waals surface area contributed by atoms with E-state index in [0.717, 1.165) is 36.0 Å². The molecule has 3 aromatic rings. The minimum atomic E-state index is 0.125. The number of thiophene rings is 2. The number of nitrogens with zero attached hydrogens (tertiary/aromatic N) is 2. The number of aryl methyl sites for hydroxylation is 2. The molecule has 126 valence electrons. The molecule has 4 nitrogen and oxygen atoms in total. The van der Waals surface area contributed by atoms with Crippen LogP contribution < -0.4 is 10.9 Å². The molecule has 3 aromatic heterocycles. The second-order valence-corrected chi connectivity index (χ2v) is 8.25. The third kappa shape index (κ3) is 2.78. The Hall–Kier alpha value is -1.66. The lowest BCUT2D eigenvalue weighted by molar-refractivity contribution is 0.695. The first kappa shape index (κ1) is 15.8. The molecule has 0 unspecified atom stereocenters. The molecule has 0 spiro atoms. The van der Waals surface area contributed by atoms with Crippen molar-refractivity contribution < 1.29 is 0 Å². The van der Waals surface area contributed by atoms with Gasteiger partial charge in [0.1, 0.15) is 4.83 Å². The molecule has 0 radical (unpaired) electrons. The monoisotopic (exact) mass is 359 g/mol. The van der Waals surface area contributed by atoms with Crippen LogP contribution in [-0.4, -0.2) is 16.1 Å². The summed E-state index contributed by atoms with van der Waals surface area (Å²) in [7, 11) is 0. The van der Waals surface area contributed by atoms with E-state index in [9.17, 15) is 4.79 Å². The number of fused-ring (bicyclic) bond motifs is 3. The van der Waals surface area contributed by atoms with Gasteiger partial charge in [0, 0.05) is 22.8 Å². The topological polar surface area (TPSA) is 46.9 Å². The SMILES string of the molecule is CCn1c(NCCc2cccs2)nc2sc3c(c2c1=O)CCCC3. The average molecular weight is 360 g/mol. The Morgan fingerprint density at radius 3 is 3.00 bits per heavy atom. The predicted molar refractivity (Wildman–Crippen MR) is 103 cm³/mol. The van der Waals surface area contributed by atoms with E-state index in [1.54, 1.807) is 27.2 Å². The number of rotatable bonds is 5. The average Bonchev–Trinajstić information content (AvgIpc) is 3.22. The Labute approximate surface area is 149 Å². The number of hydrogen-bond acceptors (Lipinski definition) is 5. The molecule has 0 bridgehead atoms. The van der Waals surface area contributed by atoms with Crippen molar-refractivity contribution in [2.45, 2.75) is 45.6 Å².